The number of nitrogens with zero attached hydrogens (tertiary/aromatic N) is 1. The Kier molecular flexibility index (Phi) is 4.56. The molecule has 1 aliphatic carbocycles. The van der Waals surface area contributed by atoms with E-state index in [4.69, 9.17) is 9.72 Å². The van der Waals surface area contributed by atoms with Crippen LogP contribution in [-0.4, -0.2) is 18.6 Å². The number of aryl methyl sites for hydroxylation is 1. The van der Waals surface area contributed by atoms with E-state index in [-0.39, 0.29) is 0 Å². The molecule has 1 aromatic carbocycles. The molecule has 1 N–H and O–H groups in total. The third-order valence-electron chi connectivity index (χ3n) is 3.68. The Hall–Kier alpha value is -1.39. The fourth-order valence-electron chi connectivity index (χ4n) is 2.37. The maximum absolute atomic E-state index is 5.80. The average molecular weight is 302 g/mol. The Morgan fingerprint density at radius 3 is 2.71 bits per heavy atom. The Morgan fingerprint density at radius 2 is 2.05 bits per heavy atom. The van der Waals surface area contributed by atoms with Gasteiger partial charge in [-0.05, 0) is 38.9 Å². The van der Waals surface area contributed by atoms with E-state index in [2.05, 4.69) is 24.4 Å². The van der Waals surface area contributed by atoms with Crippen molar-refractivity contribution in [3.05, 3.63) is 45.4 Å². The van der Waals surface area contributed by atoms with E-state index in [0.29, 0.717) is 6.61 Å². The van der Waals surface area contributed by atoms with E-state index in [1.54, 1.807) is 0 Å². The van der Waals surface area contributed by atoms with Crippen molar-refractivity contribution in [1.82, 2.24) is 10.3 Å². The smallest absolute Gasteiger partial charge is 0.119 e. The van der Waals surface area contributed by atoms with Crippen molar-refractivity contribution in [2.45, 2.75) is 38.6 Å². The number of hydrogen-bond donors (Lipinski definition) is 1. The van der Waals surface area contributed by atoms with E-state index in [9.17, 15) is 0 Å². The Balaban J connectivity index is 1.57. The molecule has 0 atom stereocenters. The van der Waals surface area contributed by atoms with Gasteiger partial charge in [0.2, 0.25) is 0 Å². The summed E-state index contributed by atoms with van der Waals surface area (Å²) in [5.41, 5.74) is 2.59. The molecular weight excluding hydrogens is 280 g/mol. The highest BCUT2D eigenvalue weighted by Gasteiger charge is 2.29. The Morgan fingerprint density at radius 1 is 1.29 bits per heavy atom. The van der Waals surface area contributed by atoms with E-state index in [1.165, 1.54) is 34.0 Å². The molecule has 1 heterocycles. The predicted molar refractivity (Wildman–Crippen MR) is 87.2 cm³/mol. The normalized spacial score (nSPS) is 14.4. The van der Waals surface area contributed by atoms with E-state index >= 15 is 0 Å². The minimum absolute atomic E-state index is 0.694. The molecular formula is C17H22N2OS. The highest BCUT2D eigenvalue weighted by Crippen LogP contribution is 2.42. The second-order valence-electron chi connectivity index (χ2n) is 5.63. The molecule has 0 radical (unpaired) electrons. The van der Waals surface area contributed by atoms with Crippen molar-refractivity contribution in [3.63, 3.8) is 0 Å². The zero-order valence-corrected chi connectivity index (χ0v) is 13.5. The number of aromatic nitrogens is 1. The summed E-state index contributed by atoms with van der Waals surface area (Å²) in [7, 11) is 2.00. The molecule has 3 nitrogen and oxygen atoms in total. The topological polar surface area (TPSA) is 34.1 Å². The van der Waals surface area contributed by atoms with E-state index in [0.717, 1.165) is 24.6 Å². The molecule has 112 valence electrons. The van der Waals surface area contributed by atoms with Crippen LogP contribution in [0.5, 0.6) is 5.75 Å². The molecule has 3 rings (SSSR count). The fourth-order valence-corrected chi connectivity index (χ4v) is 3.52. The Bertz CT molecular complexity index is 587. The Labute approximate surface area is 130 Å². The average Bonchev–Trinajstić information content (AvgIpc) is 3.24. The molecule has 1 saturated carbocycles. The van der Waals surface area contributed by atoms with Crippen LogP contribution in [0.1, 0.15) is 39.9 Å². The summed E-state index contributed by atoms with van der Waals surface area (Å²) in [6, 6.07) is 8.21. The summed E-state index contributed by atoms with van der Waals surface area (Å²) in [5.74, 6) is 1.66. The highest BCUT2D eigenvalue weighted by molar-refractivity contribution is 7.11. The van der Waals surface area contributed by atoms with Crippen LogP contribution < -0.4 is 10.1 Å². The quantitative estimate of drug-likeness (QED) is 0.847. The highest BCUT2D eigenvalue weighted by atomic mass is 32.1. The molecule has 0 bridgehead atoms. The van der Waals surface area contributed by atoms with Crippen molar-refractivity contribution in [2.24, 2.45) is 0 Å². The first-order chi connectivity index (χ1) is 10.3. The van der Waals surface area contributed by atoms with Crippen LogP contribution in [-0.2, 0) is 13.0 Å². The number of rotatable bonds is 7. The van der Waals surface area contributed by atoms with Crippen LogP contribution in [0, 0.1) is 6.92 Å². The van der Waals surface area contributed by atoms with Gasteiger partial charge in [0.05, 0.1) is 17.3 Å². The standard InChI is InChI=1S/C17H22N2OS/c1-12-3-7-14(8-4-12)20-10-9-16-19-17(13-5-6-13)15(21-16)11-18-2/h3-4,7-8,13,18H,5-6,9-11H2,1-2H3. The van der Waals surface area contributed by atoms with E-state index in [1.807, 2.05) is 30.5 Å². The first kappa shape index (κ1) is 14.5. The minimum Gasteiger partial charge on any atom is -0.493 e. The van der Waals surface area contributed by atoms with Crippen LogP contribution >= 0.6 is 11.3 Å². The van der Waals surface area contributed by atoms with Gasteiger partial charge in [0.1, 0.15) is 5.75 Å². The number of nitrogens with one attached hydrogen (secondary N) is 1. The van der Waals surface area contributed by atoms with Gasteiger partial charge in [0.25, 0.3) is 0 Å². The van der Waals surface area contributed by atoms with Gasteiger partial charge < -0.3 is 10.1 Å². The maximum Gasteiger partial charge on any atom is 0.119 e. The SMILES string of the molecule is CNCc1sc(CCOc2ccc(C)cc2)nc1C1CC1. The van der Waals surface area contributed by atoms with Gasteiger partial charge in [0.15, 0.2) is 0 Å². The lowest BCUT2D eigenvalue weighted by Gasteiger charge is -2.04. The van der Waals surface area contributed by atoms with Gasteiger partial charge in [-0.1, -0.05) is 17.7 Å². The van der Waals surface area contributed by atoms with Crippen LogP contribution in [0.3, 0.4) is 0 Å². The largest absolute Gasteiger partial charge is 0.493 e. The summed E-state index contributed by atoms with van der Waals surface area (Å²) in [5, 5.41) is 4.45. The number of hydrogen-bond acceptors (Lipinski definition) is 4. The number of ether oxygens (including phenoxy) is 1. The van der Waals surface area contributed by atoms with Gasteiger partial charge >= 0.3 is 0 Å². The molecule has 1 aliphatic rings. The van der Waals surface area contributed by atoms with Crippen LogP contribution in [0.4, 0.5) is 0 Å². The molecule has 2 aromatic rings. The molecule has 4 heteroatoms. The number of benzene rings is 1. The van der Waals surface area contributed by atoms with Gasteiger partial charge in [-0.25, -0.2) is 4.98 Å². The molecule has 21 heavy (non-hydrogen) atoms. The molecule has 0 aliphatic heterocycles. The molecule has 0 unspecified atom stereocenters. The van der Waals surface area contributed by atoms with Crippen LogP contribution in [0.15, 0.2) is 24.3 Å². The van der Waals surface area contributed by atoms with Crippen molar-refractivity contribution in [2.75, 3.05) is 13.7 Å². The van der Waals surface area contributed by atoms with Gasteiger partial charge in [0, 0.05) is 23.8 Å². The van der Waals surface area contributed by atoms with Crippen LogP contribution in [0.25, 0.3) is 0 Å². The summed E-state index contributed by atoms with van der Waals surface area (Å²) < 4.78 is 5.80. The fraction of sp³-hybridized carbons (Fsp3) is 0.471. The minimum atomic E-state index is 0.694. The molecule has 0 spiro atoms. The lowest BCUT2D eigenvalue weighted by Crippen LogP contribution is -2.05. The maximum atomic E-state index is 5.80. The van der Waals surface area contributed by atoms with Crippen molar-refractivity contribution < 1.29 is 4.74 Å². The summed E-state index contributed by atoms with van der Waals surface area (Å²) >= 11 is 1.84. The molecule has 0 saturated heterocycles. The zero-order chi connectivity index (χ0) is 14.7. The third kappa shape index (κ3) is 3.83. The van der Waals surface area contributed by atoms with Crippen molar-refractivity contribution in [1.29, 1.82) is 0 Å². The second kappa shape index (κ2) is 6.58. The zero-order valence-electron chi connectivity index (χ0n) is 12.7. The van der Waals surface area contributed by atoms with E-state index < -0.39 is 0 Å². The van der Waals surface area contributed by atoms with Crippen molar-refractivity contribution >= 4 is 11.3 Å². The second-order valence-corrected chi connectivity index (χ2v) is 6.80. The monoisotopic (exact) mass is 302 g/mol. The molecule has 1 fully saturated rings. The summed E-state index contributed by atoms with van der Waals surface area (Å²) in [6.07, 6.45) is 3.50. The summed E-state index contributed by atoms with van der Waals surface area (Å²) in [4.78, 5) is 6.24. The molecule has 0 amide bonds. The molecule has 1 aromatic heterocycles. The van der Waals surface area contributed by atoms with Gasteiger partial charge in [-0.3, -0.25) is 0 Å². The van der Waals surface area contributed by atoms with Crippen LogP contribution in [0.2, 0.25) is 0 Å². The first-order valence-corrected chi connectivity index (χ1v) is 8.40. The van der Waals surface area contributed by atoms with Crippen molar-refractivity contribution in [3.8, 4) is 5.75 Å². The predicted octanol–water partition coefficient (Wildman–Crippen LogP) is 3.67. The lowest BCUT2D eigenvalue weighted by atomic mass is 10.2. The third-order valence-corrected chi connectivity index (χ3v) is 4.81. The lowest BCUT2D eigenvalue weighted by molar-refractivity contribution is 0.321. The van der Waals surface area contributed by atoms with Gasteiger partial charge in [-0.15, -0.1) is 11.3 Å². The summed E-state index contributed by atoms with van der Waals surface area (Å²) in [6.45, 7) is 3.71. The first-order valence-electron chi connectivity index (χ1n) is 7.59. The van der Waals surface area contributed by atoms with Gasteiger partial charge in [-0.2, -0.15) is 0 Å². The number of thiazole rings is 1.